The summed E-state index contributed by atoms with van der Waals surface area (Å²) >= 11 is 0. The van der Waals surface area contributed by atoms with Crippen LogP contribution in [-0.2, 0) is 7.05 Å². The second kappa shape index (κ2) is 6.72. The highest BCUT2D eigenvalue weighted by molar-refractivity contribution is 5.32. The first-order chi connectivity index (χ1) is 12.2. The number of rotatable bonds is 6. The SMILES string of the molecule is COc1cccc(C2C(NC(C)c3nnnn3C)CCN2C2CC2)c1. The fourth-order valence-corrected chi connectivity index (χ4v) is 4.05. The number of ether oxygens (including phenoxy) is 1. The number of nitrogens with zero attached hydrogens (tertiary/aromatic N) is 5. The second-order valence-electron chi connectivity index (χ2n) is 7.13. The molecule has 134 valence electrons. The number of aryl methyl sites for hydroxylation is 1. The summed E-state index contributed by atoms with van der Waals surface area (Å²) in [6.45, 7) is 3.27. The zero-order valence-electron chi connectivity index (χ0n) is 15.1. The van der Waals surface area contributed by atoms with Crippen LogP contribution in [0.1, 0.15) is 49.7 Å². The molecule has 2 fully saturated rings. The Hall–Kier alpha value is -1.99. The van der Waals surface area contributed by atoms with Crippen molar-refractivity contribution >= 4 is 0 Å². The molecule has 3 unspecified atom stereocenters. The van der Waals surface area contributed by atoms with Crippen molar-refractivity contribution in [1.29, 1.82) is 0 Å². The number of likely N-dealkylation sites (tertiary alicyclic amines) is 1. The van der Waals surface area contributed by atoms with Gasteiger partial charge in [-0.15, -0.1) is 5.10 Å². The molecule has 25 heavy (non-hydrogen) atoms. The van der Waals surface area contributed by atoms with Crippen LogP contribution in [0.15, 0.2) is 24.3 Å². The van der Waals surface area contributed by atoms with E-state index in [0.29, 0.717) is 12.1 Å². The van der Waals surface area contributed by atoms with E-state index in [4.69, 9.17) is 4.74 Å². The molecule has 0 radical (unpaired) electrons. The number of aromatic nitrogens is 4. The van der Waals surface area contributed by atoms with E-state index in [-0.39, 0.29) is 6.04 Å². The molecular formula is C18H26N6O. The summed E-state index contributed by atoms with van der Waals surface area (Å²) in [6, 6.07) is 10.1. The molecule has 1 aromatic heterocycles. The lowest BCUT2D eigenvalue weighted by Gasteiger charge is -2.30. The third kappa shape index (κ3) is 3.26. The minimum atomic E-state index is 0.109. The van der Waals surface area contributed by atoms with Crippen LogP contribution in [0, 0.1) is 0 Å². The van der Waals surface area contributed by atoms with E-state index in [1.165, 1.54) is 18.4 Å². The zero-order chi connectivity index (χ0) is 17.4. The number of hydrogen-bond donors (Lipinski definition) is 1. The molecule has 2 heterocycles. The highest BCUT2D eigenvalue weighted by Gasteiger charge is 2.43. The summed E-state index contributed by atoms with van der Waals surface area (Å²) < 4.78 is 7.19. The summed E-state index contributed by atoms with van der Waals surface area (Å²) in [6.07, 6.45) is 3.76. The average molecular weight is 342 g/mol. The second-order valence-corrected chi connectivity index (χ2v) is 7.13. The van der Waals surface area contributed by atoms with Crippen molar-refractivity contribution in [2.45, 2.75) is 50.4 Å². The first kappa shape index (κ1) is 16.5. The Morgan fingerprint density at radius 1 is 1.28 bits per heavy atom. The van der Waals surface area contributed by atoms with E-state index in [1.807, 2.05) is 13.1 Å². The third-order valence-corrected chi connectivity index (χ3v) is 5.39. The average Bonchev–Trinajstić information content (AvgIpc) is 3.25. The van der Waals surface area contributed by atoms with Gasteiger partial charge in [0.1, 0.15) is 5.75 Å². The van der Waals surface area contributed by atoms with Crippen molar-refractivity contribution in [3.05, 3.63) is 35.7 Å². The van der Waals surface area contributed by atoms with E-state index in [0.717, 1.165) is 30.6 Å². The maximum absolute atomic E-state index is 5.45. The highest BCUT2D eigenvalue weighted by atomic mass is 16.5. The van der Waals surface area contributed by atoms with Gasteiger partial charge in [0.05, 0.1) is 19.2 Å². The van der Waals surface area contributed by atoms with Gasteiger partial charge in [-0.05, 0) is 54.3 Å². The number of methoxy groups -OCH3 is 1. The Labute approximate surface area is 148 Å². The van der Waals surface area contributed by atoms with E-state index in [2.05, 4.69) is 50.9 Å². The molecule has 2 aliphatic rings. The van der Waals surface area contributed by atoms with Crippen molar-refractivity contribution in [3.63, 3.8) is 0 Å². The van der Waals surface area contributed by atoms with E-state index in [1.54, 1.807) is 11.8 Å². The fraction of sp³-hybridized carbons (Fsp3) is 0.611. The van der Waals surface area contributed by atoms with Crippen LogP contribution in [0.5, 0.6) is 5.75 Å². The quantitative estimate of drug-likeness (QED) is 0.864. The first-order valence-corrected chi connectivity index (χ1v) is 9.05. The zero-order valence-corrected chi connectivity index (χ0v) is 15.1. The van der Waals surface area contributed by atoms with Gasteiger partial charge in [0.25, 0.3) is 0 Å². The Balaban J connectivity index is 1.58. The molecule has 2 aromatic rings. The van der Waals surface area contributed by atoms with Crippen LogP contribution < -0.4 is 10.1 Å². The van der Waals surface area contributed by atoms with Crippen molar-refractivity contribution in [3.8, 4) is 5.75 Å². The van der Waals surface area contributed by atoms with Gasteiger partial charge in [-0.3, -0.25) is 4.90 Å². The van der Waals surface area contributed by atoms with E-state index in [9.17, 15) is 0 Å². The van der Waals surface area contributed by atoms with Crippen molar-refractivity contribution < 1.29 is 4.74 Å². The third-order valence-electron chi connectivity index (χ3n) is 5.39. The lowest BCUT2D eigenvalue weighted by atomic mass is 9.98. The number of hydrogen-bond acceptors (Lipinski definition) is 6. The Kier molecular flexibility index (Phi) is 4.43. The van der Waals surface area contributed by atoms with E-state index >= 15 is 0 Å². The molecular weight excluding hydrogens is 316 g/mol. The predicted octanol–water partition coefficient (Wildman–Crippen LogP) is 1.85. The van der Waals surface area contributed by atoms with Gasteiger partial charge in [0.15, 0.2) is 5.82 Å². The van der Waals surface area contributed by atoms with Gasteiger partial charge in [-0.1, -0.05) is 12.1 Å². The van der Waals surface area contributed by atoms with Gasteiger partial charge in [-0.25, -0.2) is 4.68 Å². The Morgan fingerprint density at radius 2 is 2.12 bits per heavy atom. The molecule has 1 aliphatic carbocycles. The molecule has 1 saturated heterocycles. The lowest BCUT2D eigenvalue weighted by molar-refractivity contribution is 0.221. The van der Waals surface area contributed by atoms with Gasteiger partial charge in [-0.2, -0.15) is 0 Å². The Morgan fingerprint density at radius 3 is 2.80 bits per heavy atom. The molecule has 4 rings (SSSR count). The van der Waals surface area contributed by atoms with Gasteiger partial charge < -0.3 is 10.1 Å². The minimum absolute atomic E-state index is 0.109. The maximum atomic E-state index is 5.45. The van der Waals surface area contributed by atoms with Crippen molar-refractivity contribution in [2.75, 3.05) is 13.7 Å². The predicted molar refractivity (Wildman–Crippen MR) is 94.2 cm³/mol. The molecule has 1 aliphatic heterocycles. The van der Waals surface area contributed by atoms with Crippen molar-refractivity contribution in [1.82, 2.24) is 30.4 Å². The van der Waals surface area contributed by atoms with Gasteiger partial charge in [0, 0.05) is 25.7 Å². The summed E-state index contributed by atoms with van der Waals surface area (Å²) in [4.78, 5) is 2.66. The van der Waals surface area contributed by atoms with Crippen LogP contribution in [0.2, 0.25) is 0 Å². The number of benzene rings is 1. The normalized spacial score (nSPS) is 25.2. The molecule has 7 heteroatoms. The Bertz CT molecular complexity index is 728. The summed E-state index contributed by atoms with van der Waals surface area (Å²) in [5.74, 6) is 1.79. The topological polar surface area (TPSA) is 68.1 Å². The highest BCUT2D eigenvalue weighted by Crippen LogP contribution is 2.42. The van der Waals surface area contributed by atoms with Gasteiger partial charge >= 0.3 is 0 Å². The first-order valence-electron chi connectivity index (χ1n) is 9.05. The van der Waals surface area contributed by atoms with Crippen molar-refractivity contribution in [2.24, 2.45) is 7.05 Å². The van der Waals surface area contributed by atoms with Crippen LogP contribution in [0.3, 0.4) is 0 Å². The summed E-state index contributed by atoms with van der Waals surface area (Å²) in [7, 11) is 3.61. The number of tetrazole rings is 1. The lowest BCUT2D eigenvalue weighted by Crippen LogP contribution is -2.38. The molecule has 1 N–H and O–H groups in total. The monoisotopic (exact) mass is 342 g/mol. The van der Waals surface area contributed by atoms with Crippen LogP contribution >= 0.6 is 0 Å². The van der Waals surface area contributed by atoms with Gasteiger partial charge in [0.2, 0.25) is 0 Å². The largest absolute Gasteiger partial charge is 0.497 e. The van der Waals surface area contributed by atoms with Crippen LogP contribution in [0.25, 0.3) is 0 Å². The molecule has 0 bridgehead atoms. The minimum Gasteiger partial charge on any atom is -0.497 e. The fourth-order valence-electron chi connectivity index (χ4n) is 4.05. The molecule has 1 saturated carbocycles. The summed E-state index contributed by atoms with van der Waals surface area (Å²) in [5.41, 5.74) is 1.32. The van der Waals surface area contributed by atoms with Crippen LogP contribution in [-0.4, -0.2) is 50.8 Å². The van der Waals surface area contributed by atoms with Crippen LogP contribution in [0.4, 0.5) is 0 Å². The molecule has 7 nitrogen and oxygen atoms in total. The standard InChI is InChI=1S/C18H26N6O/c1-12(18-20-21-22-23(18)2)19-16-9-10-24(14-7-8-14)17(16)13-5-4-6-15(11-13)25-3/h4-6,11-12,14,16-17,19H,7-10H2,1-3H3. The smallest absolute Gasteiger partial charge is 0.167 e. The molecule has 1 aromatic carbocycles. The molecule has 0 amide bonds. The molecule has 0 spiro atoms. The number of nitrogens with one attached hydrogen (secondary N) is 1. The summed E-state index contributed by atoms with van der Waals surface area (Å²) in [5, 5.41) is 15.7. The van der Waals surface area contributed by atoms with E-state index < -0.39 is 0 Å². The maximum Gasteiger partial charge on any atom is 0.167 e. The molecule has 3 atom stereocenters.